The monoisotopic (exact) mass is 435 g/mol. The Bertz CT molecular complexity index is 1040. The van der Waals surface area contributed by atoms with Crippen molar-refractivity contribution in [1.29, 1.82) is 0 Å². The average Bonchev–Trinajstić information content (AvgIpc) is 2.71. The number of benzene rings is 2. The van der Waals surface area contributed by atoms with Crippen LogP contribution in [0.1, 0.15) is 71.5 Å². The number of fused-ring (bicyclic) bond motifs is 1. The highest BCUT2D eigenvalue weighted by Crippen LogP contribution is 2.27. The van der Waals surface area contributed by atoms with Gasteiger partial charge in [-0.15, -0.1) is 5.16 Å². The van der Waals surface area contributed by atoms with E-state index in [0.29, 0.717) is 28.6 Å². The Morgan fingerprint density at radius 1 is 1.12 bits per heavy atom. The first-order chi connectivity index (χ1) is 15.0. The molecule has 2 amide bonds. The molecule has 1 atom stereocenters. The predicted octanol–water partition coefficient (Wildman–Crippen LogP) is 2.97. The van der Waals surface area contributed by atoms with Crippen LogP contribution >= 0.6 is 0 Å². The Morgan fingerprint density at radius 3 is 2.38 bits per heavy atom. The Hall–Kier alpha value is -3.13. The highest BCUT2D eigenvalue weighted by Gasteiger charge is 2.34. The molecule has 0 saturated carbocycles. The van der Waals surface area contributed by atoms with E-state index in [4.69, 9.17) is 4.76 Å². The maximum absolute atomic E-state index is 13.6. The van der Waals surface area contributed by atoms with Gasteiger partial charge < -0.3 is 9.78 Å². The summed E-state index contributed by atoms with van der Waals surface area (Å²) in [5.41, 5.74) is 6.56. The second-order valence-electron chi connectivity index (χ2n) is 9.32. The second kappa shape index (κ2) is 9.16. The number of carbonyl (C=O) groups is 2. The van der Waals surface area contributed by atoms with E-state index in [2.05, 4.69) is 10.6 Å². The maximum atomic E-state index is 13.6. The standard InChI is InChI=1S/C24H30BN3O4/c1-7-21(24(4,5)6)28(23(30)18-11-15(2)10-16(3)12-18)27-22(29)17-8-9-20-19(13-17)14-26-32-25(20)31/h8-14,21,31H,7H2,1-6H3,(H,27,29)/t21-/m1/s1. The minimum atomic E-state index is -1.17. The van der Waals surface area contributed by atoms with Gasteiger partial charge in [0, 0.05) is 16.6 Å². The normalized spacial score (nSPS) is 13.8. The molecule has 32 heavy (non-hydrogen) atoms. The van der Waals surface area contributed by atoms with E-state index in [1.54, 1.807) is 18.2 Å². The van der Waals surface area contributed by atoms with E-state index in [1.165, 1.54) is 11.2 Å². The number of amides is 2. The fraction of sp³-hybridized carbons (Fsp3) is 0.375. The highest BCUT2D eigenvalue weighted by atomic mass is 16.6. The van der Waals surface area contributed by atoms with Crippen molar-refractivity contribution in [3.63, 3.8) is 0 Å². The van der Waals surface area contributed by atoms with Crippen LogP contribution in [0.4, 0.5) is 0 Å². The first kappa shape index (κ1) is 23.5. The van der Waals surface area contributed by atoms with Crippen LogP contribution in [-0.2, 0) is 4.76 Å². The maximum Gasteiger partial charge on any atom is 0.583 e. The number of nitrogens with zero attached hydrogens (tertiary/aromatic N) is 2. The lowest BCUT2D eigenvalue weighted by Gasteiger charge is -2.39. The molecule has 0 aliphatic carbocycles. The largest absolute Gasteiger partial charge is 0.583 e. The van der Waals surface area contributed by atoms with E-state index >= 15 is 0 Å². The number of rotatable bonds is 4. The van der Waals surface area contributed by atoms with Gasteiger partial charge in [0.25, 0.3) is 11.8 Å². The zero-order chi connectivity index (χ0) is 23.6. The Kier molecular flexibility index (Phi) is 6.74. The molecule has 0 aromatic heterocycles. The van der Waals surface area contributed by atoms with Crippen molar-refractivity contribution >= 4 is 30.6 Å². The molecule has 0 fully saturated rings. The van der Waals surface area contributed by atoms with Crippen LogP contribution in [0, 0.1) is 19.3 Å². The van der Waals surface area contributed by atoms with Crippen molar-refractivity contribution in [2.75, 3.05) is 0 Å². The summed E-state index contributed by atoms with van der Waals surface area (Å²) < 4.78 is 4.82. The van der Waals surface area contributed by atoms with Gasteiger partial charge in [0.05, 0.1) is 12.3 Å². The number of oxime groups is 1. The lowest BCUT2D eigenvalue weighted by molar-refractivity contribution is 0.0285. The van der Waals surface area contributed by atoms with Crippen molar-refractivity contribution in [3.05, 3.63) is 64.2 Å². The molecule has 2 aromatic rings. The van der Waals surface area contributed by atoms with Crippen molar-refractivity contribution < 1.29 is 19.4 Å². The number of hydrogen-bond acceptors (Lipinski definition) is 5. The summed E-state index contributed by atoms with van der Waals surface area (Å²) >= 11 is 0. The molecule has 0 bridgehead atoms. The summed E-state index contributed by atoms with van der Waals surface area (Å²) in [6.45, 7) is 12.0. The van der Waals surface area contributed by atoms with Gasteiger partial charge in [-0.1, -0.05) is 51.0 Å². The zero-order valence-electron chi connectivity index (χ0n) is 19.5. The third-order valence-corrected chi connectivity index (χ3v) is 5.57. The van der Waals surface area contributed by atoms with Crippen LogP contribution in [-0.4, -0.2) is 41.2 Å². The molecule has 0 radical (unpaired) electrons. The van der Waals surface area contributed by atoms with E-state index in [1.807, 2.05) is 59.7 Å². The van der Waals surface area contributed by atoms with Gasteiger partial charge in [0.15, 0.2) is 0 Å². The predicted molar refractivity (Wildman–Crippen MR) is 126 cm³/mol. The molecule has 0 unspecified atom stereocenters. The van der Waals surface area contributed by atoms with Crippen LogP contribution in [0.3, 0.4) is 0 Å². The fourth-order valence-electron chi connectivity index (χ4n) is 4.12. The highest BCUT2D eigenvalue weighted by molar-refractivity contribution is 6.62. The molecule has 2 N–H and O–H groups in total. The molecule has 0 spiro atoms. The number of carbonyl (C=O) groups excluding carboxylic acids is 2. The molecule has 0 saturated heterocycles. The third kappa shape index (κ3) is 5.02. The van der Waals surface area contributed by atoms with E-state index in [9.17, 15) is 14.6 Å². The fourth-order valence-corrected chi connectivity index (χ4v) is 4.12. The van der Waals surface area contributed by atoms with Gasteiger partial charge in [-0.25, -0.2) is 5.01 Å². The van der Waals surface area contributed by atoms with E-state index < -0.39 is 13.0 Å². The lowest BCUT2D eigenvalue weighted by Crippen LogP contribution is -2.56. The van der Waals surface area contributed by atoms with Crippen molar-refractivity contribution in [3.8, 4) is 0 Å². The van der Waals surface area contributed by atoms with Gasteiger partial charge in [0.1, 0.15) is 0 Å². The molecular formula is C24H30BN3O4. The van der Waals surface area contributed by atoms with Gasteiger partial charge in [-0.05, 0) is 55.5 Å². The first-order valence-corrected chi connectivity index (χ1v) is 10.7. The summed E-state index contributed by atoms with van der Waals surface area (Å²) in [6.07, 6.45) is 2.11. The van der Waals surface area contributed by atoms with Gasteiger partial charge in [0.2, 0.25) is 0 Å². The average molecular weight is 435 g/mol. The number of hydrazine groups is 1. The molecule has 1 heterocycles. The van der Waals surface area contributed by atoms with Crippen LogP contribution in [0.15, 0.2) is 41.6 Å². The molecule has 3 rings (SSSR count). The summed E-state index contributed by atoms with van der Waals surface area (Å²) in [5, 5.41) is 15.0. The molecule has 1 aliphatic rings. The molecule has 2 aromatic carbocycles. The van der Waals surface area contributed by atoms with Gasteiger partial charge in [-0.2, -0.15) is 0 Å². The number of aryl methyl sites for hydroxylation is 2. The van der Waals surface area contributed by atoms with Gasteiger partial charge in [-0.3, -0.25) is 15.0 Å². The van der Waals surface area contributed by atoms with Crippen molar-refractivity contribution in [2.45, 2.75) is 54.0 Å². The smallest absolute Gasteiger partial charge is 0.427 e. The summed E-state index contributed by atoms with van der Waals surface area (Å²) in [6, 6.07) is 10.3. The van der Waals surface area contributed by atoms with Gasteiger partial charge >= 0.3 is 7.12 Å². The summed E-state index contributed by atoms with van der Waals surface area (Å²) in [7, 11) is -1.17. The first-order valence-electron chi connectivity index (χ1n) is 10.7. The van der Waals surface area contributed by atoms with Crippen LogP contribution < -0.4 is 10.9 Å². The number of nitrogens with one attached hydrogen (secondary N) is 1. The Labute approximate surface area is 189 Å². The molecule has 1 aliphatic heterocycles. The summed E-state index contributed by atoms with van der Waals surface area (Å²) in [4.78, 5) is 26.8. The SMILES string of the molecule is CC[C@@H](N(NC(=O)c1ccc2c(c1)C=NOB2O)C(=O)c1cc(C)cc(C)c1)C(C)(C)C. The van der Waals surface area contributed by atoms with Crippen LogP contribution in [0.5, 0.6) is 0 Å². The van der Waals surface area contributed by atoms with E-state index in [-0.39, 0.29) is 17.4 Å². The van der Waals surface area contributed by atoms with Crippen LogP contribution in [0.2, 0.25) is 0 Å². The molecule has 168 valence electrons. The van der Waals surface area contributed by atoms with E-state index in [0.717, 1.165) is 11.1 Å². The third-order valence-electron chi connectivity index (χ3n) is 5.57. The zero-order valence-corrected chi connectivity index (χ0v) is 19.5. The second-order valence-corrected chi connectivity index (χ2v) is 9.32. The molecular weight excluding hydrogens is 405 g/mol. The van der Waals surface area contributed by atoms with Crippen LogP contribution in [0.25, 0.3) is 0 Å². The number of hydrogen-bond donors (Lipinski definition) is 2. The minimum absolute atomic E-state index is 0.228. The van der Waals surface area contributed by atoms with Crippen molar-refractivity contribution in [1.82, 2.24) is 10.4 Å². The topological polar surface area (TPSA) is 91.2 Å². The Balaban J connectivity index is 1.96. The Morgan fingerprint density at radius 2 is 1.78 bits per heavy atom. The molecule has 8 heteroatoms. The summed E-state index contributed by atoms with van der Waals surface area (Å²) in [5.74, 6) is -0.669. The molecule has 7 nitrogen and oxygen atoms in total. The minimum Gasteiger partial charge on any atom is -0.427 e. The lowest BCUT2D eigenvalue weighted by atomic mass is 9.76. The van der Waals surface area contributed by atoms with Crippen molar-refractivity contribution in [2.24, 2.45) is 10.6 Å². The quantitative estimate of drug-likeness (QED) is 0.571.